The summed E-state index contributed by atoms with van der Waals surface area (Å²) in [6, 6.07) is 22.9. The first-order valence-corrected chi connectivity index (χ1v) is 15.1. The van der Waals surface area contributed by atoms with Gasteiger partial charge in [0.15, 0.2) is 21.5 Å². The van der Waals surface area contributed by atoms with Gasteiger partial charge in [0.2, 0.25) is 0 Å². The molecule has 0 amide bonds. The smallest absolute Gasteiger partial charge is 0.258 e. The second-order valence-corrected chi connectivity index (χ2v) is 12.6. The van der Waals surface area contributed by atoms with Gasteiger partial charge in [0.05, 0.1) is 15.8 Å². The van der Waals surface area contributed by atoms with Crippen LogP contribution in [-0.4, -0.2) is 50.4 Å². The molecule has 6 rings (SSSR count). The summed E-state index contributed by atoms with van der Waals surface area (Å²) in [5.74, 6) is 1.42. The van der Waals surface area contributed by atoms with Crippen molar-refractivity contribution in [3.63, 3.8) is 0 Å². The molecule has 0 unspecified atom stereocenters. The second kappa shape index (κ2) is 10.4. The van der Waals surface area contributed by atoms with E-state index < -0.39 is 15.3 Å². The Kier molecular flexibility index (Phi) is 6.74. The van der Waals surface area contributed by atoms with Crippen molar-refractivity contribution >= 4 is 32.4 Å². The fourth-order valence-corrected chi connectivity index (χ4v) is 5.48. The van der Waals surface area contributed by atoms with Crippen molar-refractivity contribution in [1.29, 1.82) is 0 Å². The number of hydrogen-bond donors (Lipinski definition) is 1. The van der Waals surface area contributed by atoms with Crippen LogP contribution in [-0.2, 0) is 15.3 Å². The number of rotatable bonds is 7. The lowest BCUT2D eigenvalue weighted by atomic mass is 9.81. The van der Waals surface area contributed by atoms with E-state index in [0.717, 1.165) is 38.7 Å². The molecule has 11 heteroatoms. The van der Waals surface area contributed by atoms with E-state index in [0.29, 0.717) is 23.1 Å². The molecule has 0 aliphatic rings. The minimum absolute atomic E-state index is 0.234. The van der Waals surface area contributed by atoms with Crippen LogP contribution in [0.3, 0.4) is 0 Å². The highest BCUT2D eigenvalue weighted by Crippen LogP contribution is 2.37. The quantitative estimate of drug-likeness (QED) is 0.246. The number of aryl methyl sites for hydroxylation is 1. The number of sulfone groups is 1. The molecule has 0 saturated carbocycles. The van der Waals surface area contributed by atoms with E-state index in [1.807, 2.05) is 36.4 Å². The average Bonchev–Trinajstić information content (AvgIpc) is 3.68. The summed E-state index contributed by atoms with van der Waals surface area (Å²) in [7, 11) is -3.34. The van der Waals surface area contributed by atoms with Gasteiger partial charge in [-0.05, 0) is 85.5 Å². The van der Waals surface area contributed by atoms with Gasteiger partial charge in [-0.2, -0.15) is 10.2 Å². The van der Waals surface area contributed by atoms with E-state index in [2.05, 4.69) is 62.8 Å². The summed E-state index contributed by atoms with van der Waals surface area (Å²) in [4.78, 5) is 9.39. The largest absolute Gasteiger partial charge is 0.334 e. The number of nitrogens with zero attached hydrogens (tertiary/aromatic N) is 6. The second-order valence-electron chi connectivity index (χ2n) is 10.6. The molecule has 0 aliphatic carbocycles. The number of fused-ring (bicyclic) bond motifs is 1. The van der Waals surface area contributed by atoms with Crippen molar-refractivity contribution in [3.8, 4) is 11.1 Å². The Hall–Kier alpha value is -5.03. The van der Waals surface area contributed by atoms with Crippen molar-refractivity contribution in [2.45, 2.75) is 31.1 Å². The van der Waals surface area contributed by atoms with Crippen LogP contribution in [0.15, 0.2) is 88.4 Å². The van der Waals surface area contributed by atoms with E-state index in [1.54, 1.807) is 37.4 Å². The summed E-state index contributed by atoms with van der Waals surface area (Å²) in [6.07, 6.45) is 4.92. The number of aromatic amines is 1. The van der Waals surface area contributed by atoms with Gasteiger partial charge in [0.25, 0.3) is 5.89 Å². The summed E-state index contributed by atoms with van der Waals surface area (Å²) < 4.78 is 29.6. The van der Waals surface area contributed by atoms with Crippen molar-refractivity contribution in [2.24, 2.45) is 0 Å². The van der Waals surface area contributed by atoms with Crippen molar-refractivity contribution in [2.75, 3.05) is 6.26 Å². The average molecular weight is 578 g/mol. The van der Waals surface area contributed by atoms with Gasteiger partial charge >= 0.3 is 0 Å². The molecule has 0 aliphatic heterocycles. The molecule has 0 fully saturated rings. The highest BCUT2D eigenvalue weighted by Gasteiger charge is 2.29. The number of aromatic nitrogens is 7. The van der Waals surface area contributed by atoms with E-state index >= 15 is 0 Å². The summed E-state index contributed by atoms with van der Waals surface area (Å²) in [6.45, 7) is 5.87. The molecule has 0 spiro atoms. The molecule has 0 radical (unpaired) electrons. The zero-order valence-electron chi connectivity index (χ0n) is 23.4. The highest BCUT2D eigenvalue weighted by molar-refractivity contribution is 7.90. The zero-order valence-corrected chi connectivity index (χ0v) is 24.2. The first-order chi connectivity index (χ1) is 20.1. The third-order valence-corrected chi connectivity index (χ3v) is 8.32. The van der Waals surface area contributed by atoms with Crippen LogP contribution < -0.4 is 0 Å². The zero-order chi connectivity index (χ0) is 29.5. The number of pyridine rings is 1. The van der Waals surface area contributed by atoms with Gasteiger partial charge in [0.1, 0.15) is 0 Å². The molecule has 3 aromatic heterocycles. The third-order valence-electron chi connectivity index (χ3n) is 7.19. The SMILES string of the molecule is Cc1noc(/C(=C\c2cccc(-c3cc(C(C)(C)c4nn[nH]n4)cc4cccnc34)c2)c2ccc(S(C)(=O)=O)cc2)n1. The molecule has 0 bridgehead atoms. The van der Waals surface area contributed by atoms with E-state index in [9.17, 15) is 8.42 Å². The van der Waals surface area contributed by atoms with E-state index in [4.69, 9.17) is 9.51 Å². The maximum atomic E-state index is 12.0. The van der Waals surface area contributed by atoms with Crippen LogP contribution in [0.5, 0.6) is 0 Å². The van der Waals surface area contributed by atoms with Crippen LogP contribution >= 0.6 is 0 Å². The molecular formula is C31H27N7O3S. The predicted molar refractivity (Wildman–Crippen MR) is 159 cm³/mol. The molecular weight excluding hydrogens is 550 g/mol. The monoisotopic (exact) mass is 577 g/mol. The molecule has 10 nitrogen and oxygen atoms in total. The summed E-state index contributed by atoms with van der Waals surface area (Å²) in [5.41, 5.74) is 5.61. The van der Waals surface area contributed by atoms with Crippen LogP contribution in [0.25, 0.3) is 33.7 Å². The first-order valence-electron chi connectivity index (χ1n) is 13.2. The highest BCUT2D eigenvalue weighted by atomic mass is 32.2. The van der Waals surface area contributed by atoms with Gasteiger partial charge in [-0.1, -0.05) is 46.8 Å². The Morgan fingerprint density at radius 3 is 2.50 bits per heavy atom. The Bertz CT molecular complexity index is 2050. The number of H-pyrrole nitrogens is 1. The molecule has 0 atom stereocenters. The van der Waals surface area contributed by atoms with Crippen molar-refractivity contribution in [1.82, 2.24) is 35.7 Å². The van der Waals surface area contributed by atoms with Crippen molar-refractivity contribution in [3.05, 3.63) is 113 Å². The number of nitrogens with one attached hydrogen (secondary N) is 1. The summed E-state index contributed by atoms with van der Waals surface area (Å²) in [5, 5.41) is 19.8. The number of tetrazole rings is 1. The van der Waals surface area contributed by atoms with Gasteiger partial charge in [0, 0.05) is 29.0 Å². The van der Waals surface area contributed by atoms with Crippen LogP contribution in [0, 0.1) is 6.92 Å². The van der Waals surface area contributed by atoms with Crippen LogP contribution in [0.1, 0.15) is 48.1 Å². The van der Waals surface area contributed by atoms with Gasteiger partial charge < -0.3 is 4.52 Å². The number of benzene rings is 3. The summed E-state index contributed by atoms with van der Waals surface area (Å²) >= 11 is 0. The molecule has 1 N–H and O–H groups in total. The van der Waals surface area contributed by atoms with Gasteiger partial charge in [-0.3, -0.25) is 4.98 Å². The molecule has 3 aromatic carbocycles. The standard InChI is InChI=1S/C31H27N7O3S/c1-19-33-29(41-36-19)27(21-10-12-25(13-11-21)42(4,39)40)16-20-7-5-8-22(15-20)26-18-24(17-23-9-6-14-32-28(23)26)31(2,3)30-34-37-38-35-30/h5-18H,1-4H3,(H,34,35,37,38)/b27-16-. The molecule has 210 valence electrons. The van der Waals surface area contributed by atoms with Crippen LogP contribution in [0.2, 0.25) is 0 Å². The predicted octanol–water partition coefficient (Wildman–Crippen LogP) is 5.42. The third kappa shape index (κ3) is 5.21. The Balaban J connectivity index is 1.49. The Morgan fingerprint density at radius 1 is 1.00 bits per heavy atom. The minimum atomic E-state index is -3.34. The fraction of sp³-hybridized carbons (Fsp3) is 0.161. The Morgan fingerprint density at radius 2 is 1.81 bits per heavy atom. The maximum absolute atomic E-state index is 12.0. The topological polar surface area (TPSA) is 140 Å². The van der Waals surface area contributed by atoms with E-state index in [1.165, 1.54) is 6.26 Å². The lowest BCUT2D eigenvalue weighted by Gasteiger charge is -2.23. The molecule has 6 aromatic rings. The molecule has 3 heterocycles. The maximum Gasteiger partial charge on any atom is 0.258 e. The van der Waals surface area contributed by atoms with Gasteiger partial charge in [-0.15, -0.1) is 10.2 Å². The number of hydrogen-bond acceptors (Lipinski definition) is 9. The molecule has 42 heavy (non-hydrogen) atoms. The Labute approximate surface area is 242 Å². The van der Waals surface area contributed by atoms with Crippen molar-refractivity contribution < 1.29 is 12.9 Å². The lowest BCUT2D eigenvalue weighted by Crippen LogP contribution is -2.21. The first kappa shape index (κ1) is 27.2. The minimum Gasteiger partial charge on any atom is -0.334 e. The van der Waals surface area contributed by atoms with Crippen LogP contribution in [0.4, 0.5) is 0 Å². The fourth-order valence-electron chi connectivity index (χ4n) is 4.85. The van der Waals surface area contributed by atoms with Gasteiger partial charge in [-0.25, -0.2) is 8.42 Å². The normalized spacial score (nSPS) is 12.6. The molecule has 0 saturated heterocycles. The van der Waals surface area contributed by atoms with E-state index in [-0.39, 0.29) is 4.90 Å². The lowest BCUT2D eigenvalue weighted by molar-refractivity contribution is 0.403.